The predicted octanol–water partition coefficient (Wildman–Crippen LogP) is 3.97. The van der Waals surface area contributed by atoms with Gasteiger partial charge in [0.1, 0.15) is 6.61 Å². The van der Waals surface area contributed by atoms with Gasteiger partial charge < -0.3 is 14.2 Å². The molecule has 4 nitrogen and oxygen atoms in total. The van der Waals surface area contributed by atoms with Gasteiger partial charge >= 0.3 is 5.97 Å². The summed E-state index contributed by atoms with van der Waals surface area (Å²) in [7, 11) is 1.56. The average Bonchev–Trinajstić information content (AvgIpc) is 2.64. The van der Waals surface area contributed by atoms with Gasteiger partial charge in [-0.2, -0.15) is 0 Å². The Balaban J connectivity index is 1.59. The lowest BCUT2D eigenvalue weighted by Gasteiger charge is -2.11. The van der Waals surface area contributed by atoms with E-state index in [2.05, 4.69) is 0 Å². The first kappa shape index (κ1) is 15.9. The number of carbonyl (C=O) groups is 1. The van der Waals surface area contributed by atoms with E-state index in [1.807, 2.05) is 54.6 Å². The molecule has 0 atom stereocenters. The first-order valence-corrected chi connectivity index (χ1v) is 7.66. The second-order valence-electron chi connectivity index (χ2n) is 5.24. The van der Waals surface area contributed by atoms with Gasteiger partial charge in [-0.15, -0.1) is 0 Å². The number of esters is 1. The summed E-state index contributed by atoms with van der Waals surface area (Å²) in [5.74, 6) is 0.676. The summed E-state index contributed by atoms with van der Waals surface area (Å²) in [6.45, 7) is 0.0562. The third-order valence-electron chi connectivity index (χ3n) is 3.68. The highest BCUT2D eigenvalue weighted by Crippen LogP contribution is 2.25. The van der Waals surface area contributed by atoms with Crippen LogP contribution in [0.1, 0.15) is 5.56 Å². The molecule has 0 N–H and O–H groups in total. The molecule has 0 unspecified atom stereocenters. The predicted molar refractivity (Wildman–Crippen MR) is 92.2 cm³/mol. The lowest BCUT2D eigenvalue weighted by Crippen LogP contribution is -2.15. The van der Waals surface area contributed by atoms with Crippen molar-refractivity contribution in [3.05, 3.63) is 72.3 Å². The number of hydrogen-bond acceptors (Lipinski definition) is 4. The normalized spacial score (nSPS) is 10.4. The van der Waals surface area contributed by atoms with Gasteiger partial charge in [0.05, 0.1) is 7.11 Å². The number of rotatable bonds is 6. The lowest BCUT2D eigenvalue weighted by molar-refractivity contribution is -0.147. The Morgan fingerprint density at radius 2 is 1.58 bits per heavy atom. The van der Waals surface area contributed by atoms with Gasteiger partial charge in [-0.25, -0.2) is 4.79 Å². The maximum Gasteiger partial charge on any atom is 0.344 e. The smallest absolute Gasteiger partial charge is 0.344 e. The fraction of sp³-hybridized carbons (Fsp3) is 0.150. The van der Waals surface area contributed by atoms with Crippen LogP contribution in [0.4, 0.5) is 0 Å². The molecular weight excluding hydrogens is 304 g/mol. The zero-order chi connectivity index (χ0) is 16.8. The lowest BCUT2D eigenvalue weighted by atomic mass is 10.1. The minimum atomic E-state index is -0.422. The molecule has 3 aromatic carbocycles. The zero-order valence-electron chi connectivity index (χ0n) is 13.4. The maximum atomic E-state index is 11.9. The van der Waals surface area contributed by atoms with Crippen LogP contribution in [0.2, 0.25) is 0 Å². The molecule has 0 saturated heterocycles. The van der Waals surface area contributed by atoms with Gasteiger partial charge in [0.2, 0.25) is 0 Å². The van der Waals surface area contributed by atoms with Gasteiger partial charge in [0.15, 0.2) is 18.1 Å². The van der Waals surface area contributed by atoms with Crippen LogP contribution < -0.4 is 9.47 Å². The summed E-state index contributed by atoms with van der Waals surface area (Å²) in [6.07, 6.45) is 0. The zero-order valence-corrected chi connectivity index (χ0v) is 13.4. The van der Waals surface area contributed by atoms with Crippen molar-refractivity contribution in [3.8, 4) is 11.5 Å². The largest absolute Gasteiger partial charge is 0.493 e. The maximum absolute atomic E-state index is 11.9. The van der Waals surface area contributed by atoms with Crippen molar-refractivity contribution in [1.82, 2.24) is 0 Å². The standard InChI is InChI=1S/C20H18O4/c1-22-18-11-4-5-12-19(18)23-14-20(21)24-13-16-9-6-8-15-7-2-3-10-17(15)16/h2-12H,13-14H2,1H3. The Kier molecular flexibility index (Phi) is 4.96. The van der Waals surface area contributed by atoms with Crippen LogP contribution in [0.25, 0.3) is 10.8 Å². The van der Waals surface area contributed by atoms with Gasteiger partial charge in [-0.05, 0) is 28.5 Å². The van der Waals surface area contributed by atoms with Gasteiger partial charge in [-0.3, -0.25) is 0 Å². The van der Waals surface area contributed by atoms with E-state index in [1.165, 1.54) is 0 Å². The molecule has 3 aromatic rings. The number of carbonyl (C=O) groups excluding carboxylic acids is 1. The van der Waals surface area contributed by atoms with Crippen molar-refractivity contribution in [2.45, 2.75) is 6.61 Å². The van der Waals surface area contributed by atoms with Crippen LogP contribution in [0, 0.1) is 0 Å². The number of para-hydroxylation sites is 2. The number of benzene rings is 3. The Labute approximate surface area is 140 Å². The Hall–Kier alpha value is -3.01. The molecule has 122 valence electrons. The Bertz CT molecular complexity index is 836. The number of methoxy groups -OCH3 is 1. The number of fused-ring (bicyclic) bond motifs is 1. The van der Waals surface area contributed by atoms with Crippen LogP contribution in [-0.2, 0) is 16.1 Å². The minimum absolute atomic E-state index is 0.162. The molecule has 0 amide bonds. The number of hydrogen-bond donors (Lipinski definition) is 0. The molecule has 0 aliphatic heterocycles. The minimum Gasteiger partial charge on any atom is -0.493 e. The Morgan fingerprint density at radius 3 is 2.42 bits per heavy atom. The van der Waals surface area contributed by atoms with Crippen LogP contribution in [-0.4, -0.2) is 19.7 Å². The molecule has 3 rings (SSSR count). The summed E-state index contributed by atoms with van der Waals surface area (Å²) in [5, 5.41) is 2.20. The van der Waals surface area contributed by atoms with Crippen molar-refractivity contribution >= 4 is 16.7 Å². The fourth-order valence-corrected chi connectivity index (χ4v) is 2.49. The third kappa shape index (κ3) is 3.66. The highest BCUT2D eigenvalue weighted by Gasteiger charge is 2.09. The van der Waals surface area contributed by atoms with Crippen LogP contribution >= 0.6 is 0 Å². The average molecular weight is 322 g/mol. The topological polar surface area (TPSA) is 44.8 Å². The summed E-state index contributed by atoms with van der Waals surface area (Å²) in [4.78, 5) is 11.9. The Morgan fingerprint density at radius 1 is 0.875 bits per heavy atom. The second kappa shape index (κ2) is 7.51. The van der Waals surface area contributed by atoms with Crippen molar-refractivity contribution in [2.75, 3.05) is 13.7 Å². The van der Waals surface area contributed by atoms with Gasteiger partial charge in [-0.1, -0.05) is 54.6 Å². The van der Waals surface area contributed by atoms with Crippen molar-refractivity contribution in [2.24, 2.45) is 0 Å². The fourth-order valence-electron chi connectivity index (χ4n) is 2.49. The molecule has 4 heteroatoms. The highest BCUT2D eigenvalue weighted by molar-refractivity contribution is 5.85. The van der Waals surface area contributed by atoms with Crippen molar-refractivity contribution in [3.63, 3.8) is 0 Å². The summed E-state index contributed by atoms with van der Waals surface area (Å²) in [6, 6.07) is 21.1. The van der Waals surface area contributed by atoms with E-state index in [1.54, 1.807) is 19.2 Å². The van der Waals surface area contributed by atoms with Crippen LogP contribution in [0.3, 0.4) is 0 Å². The third-order valence-corrected chi connectivity index (χ3v) is 3.68. The number of ether oxygens (including phenoxy) is 3. The second-order valence-corrected chi connectivity index (χ2v) is 5.24. The van der Waals surface area contributed by atoms with E-state index in [4.69, 9.17) is 14.2 Å². The van der Waals surface area contributed by atoms with Gasteiger partial charge in [0, 0.05) is 0 Å². The molecule has 0 radical (unpaired) electrons. The van der Waals surface area contributed by atoms with Crippen molar-refractivity contribution in [1.29, 1.82) is 0 Å². The molecule has 24 heavy (non-hydrogen) atoms. The van der Waals surface area contributed by atoms with E-state index in [0.717, 1.165) is 16.3 Å². The summed E-state index contributed by atoms with van der Waals surface area (Å²) in [5.41, 5.74) is 0.971. The van der Waals surface area contributed by atoms with E-state index in [-0.39, 0.29) is 13.2 Å². The molecule has 0 saturated carbocycles. The van der Waals surface area contributed by atoms with Gasteiger partial charge in [0.25, 0.3) is 0 Å². The highest BCUT2D eigenvalue weighted by atomic mass is 16.6. The molecule has 0 bridgehead atoms. The molecule has 0 aliphatic rings. The first-order chi connectivity index (χ1) is 11.8. The molecular formula is C20H18O4. The van der Waals surface area contributed by atoms with E-state index >= 15 is 0 Å². The van der Waals surface area contributed by atoms with E-state index in [9.17, 15) is 4.79 Å². The monoisotopic (exact) mass is 322 g/mol. The molecule has 0 aliphatic carbocycles. The van der Waals surface area contributed by atoms with E-state index in [0.29, 0.717) is 11.5 Å². The molecule has 0 aromatic heterocycles. The first-order valence-electron chi connectivity index (χ1n) is 7.66. The van der Waals surface area contributed by atoms with Crippen molar-refractivity contribution < 1.29 is 19.0 Å². The van der Waals surface area contributed by atoms with E-state index < -0.39 is 5.97 Å². The SMILES string of the molecule is COc1ccccc1OCC(=O)OCc1cccc2ccccc12. The quantitative estimate of drug-likeness (QED) is 0.644. The van der Waals surface area contributed by atoms with Crippen LogP contribution in [0.15, 0.2) is 66.7 Å². The molecule has 0 fully saturated rings. The molecule has 0 spiro atoms. The summed E-state index contributed by atoms with van der Waals surface area (Å²) < 4.78 is 16.0. The summed E-state index contributed by atoms with van der Waals surface area (Å²) >= 11 is 0. The van der Waals surface area contributed by atoms with Crippen LogP contribution in [0.5, 0.6) is 11.5 Å². The molecule has 0 heterocycles.